The Hall–Kier alpha value is -2.53. The first-order valence-corrected chi connectivity index (χ1v) is 9.06. The molecule has 0 saturated heterocycles. The van der Waals surface area contributed by atoms with Crippen molar-refractivity contribution in [2.75, 3.05) is 26.6 Å². The Morgan fingerprint density at radius 2 is 1.67 bits per heavy atom. The highest BCUT2D eigenvalue weighted by Crippen LogP contribution is 2.31. The summed E-state index contributed by atoms with van der Waals surface area (Å²) >= 11 is 0. The van der Waals surface area contributed by atoms with Crippen LogP contribution in [0.2, 0.25) is 0 Å². The van der Waals surface area contributed by atoms with Gasteiger partial charge in [-0.25, -0.2) is 0 Å². The van der Waals surface area contributed by atoms with Gasteiger partial charge in [-0.1, -0.05) is 17.7 Å². The minimum atomic E-state index is -0.279. The molecule has 2 aromatic rings. The molecule has 0 aliphatic carbocycles. The fraction of sp³-hybridized carbons (Fsp3) is 0.409. The van der Waals surface area contributed by atoms with E-state index in [1.54, 1.807) is 14.2 Å². The van der Waals surface area contributed by atoms with E-state index in [2.05, 4.69) is 11.4 Å². The van der Waals surface area contributed by atoms with E-state index >= 15 is 0 Å². The quantitative estimate of drug-likeness (QED) is 0.798. The molecule has 0 unspecified atom stereocenters. The zero-order chi connectivity index (χ0) is 20.1. The molecule has 0 spiro atoms. The van der Waals surface area contributed by atoms with Crippen LogP contribution in [0.3, 0.4) is 0 Å². The number of aryl methyl sites for hydroxylation is 3. The van der Waals surface area contributed by atoms with Crippen molar-refractivity contribution in [3.63, 3.8) is 0 Å². The Kier molecular flexibility index (Phi) is 6.86. The molecule has 0 aliphatic rings. The first-order valence-electron chi connectivity index (χ1n) is 9.06. The average molecular weight is 370 g/mol. The summed E-state index contributed by atoms with van der Waals surface area (Å²) in [5.41, 5.74) is 5.30. The highest BCUT2D eigenvalue weighted by molar-refractivity contribution is 5.95. The molecular weight excluding hydrogens is 340 g/mol. The second-order valence-corrected chi connectivity index (χ2v) is 7.03. The van der Waals surface area contributed by atoms with E-state index in [1.165, 1.54) is 5.56 Å². The van der Waals surface area contributed by atoms with Crippen molar-refractivity contribution in [3.05, 3.63) is 52.6 Å². The summed E-state index contributed by atoms with van der Waals surface area (Å²) in [5, 5.41) is 3.03. The summed E-state index contributed by atoms with van der Waals surface area (Å²) in [6.07, 6.45) is 0. The summed E-state index contributed by atoms with van der Waals surface area (Å²) in [7, 11) is 5.20. The third-order valence-corrected chi connectivity index (χ3v) is 4.94. The van der Waals surface area contributed by atoms with E-state index in [4.69, 9.17) is 9.47 Å². The van der Waals surface area contributed by atoms with Crippen LogP contribution in [0.1, 0.15) is 29.2 Å². The largest absolute Gasteiger partial charge is 0.493 e. The normalized spacial score (nSPS) is 12.0. The van der Waals surface area contributed by atoms with Crippen molar-refractivity contribution in [3.8, 4) is 11.5 Å². The van der Waals surface area contributed by atoms with E-state index in [0.717, 1.165) is 22.4 Å². The maximum Gasteiger partial charge on any atom is 0.241 e. The predicted molar refractivity (Wildman–Crippen MR) is 110 cm³/mol. The monoisotopic (exact) mass is 370 g/mol. The van der Waals surface area contributed by atoms with Crippen LogP contribution in [0.25, 0.3) is 0 Å². The van der Waals surface area contributed by atoms with Crippen LogP contribution in [-0.4, -0.2) is 38.1 Å². The predicted octanol–water partition coefficient (Wildman–Crippen LogP) is 4.09. The van der Waals surface area contributed by atoms with Gasteiger partial charge in [-0.2, -0.15) is 0 Å². The molecular formula is C22H30N2O3. The summed E-state index contributed by atoms with van der Waals surface area (Å²) in [6.45, 7) is 8.62. The van der Waals surface area contributed by atoms with Crippen molar-refractivity contribution >= 4 is 11.6 Å². The molecule has 2 rings (SSSR count). The van der Waals surface area contributed by atoms with Gasteiger partial charge in [-0.05, 0) is 69.6 Å². The number of anilines is 1. The molecule has 0 heterocycles. The van der Waals surface area contributed by atoms with Crippen LogP contribution in [0.4, 0.5) is 5.69 Å². The fourth-order valence-corrected chi connectivity index (χ4v) is 2.99. The molecule has 5 nitrogen and oxygen atoms in total. The van der Waals surface area contributed by atoms with Gasteiger partial charge in [0.2, 0.25) is 5.91 Å². The number of methoxy groups -OCH3 is 2. The second kappa shape index (κ2) is 8.91. The lowest BCUT2D eigenvalue weighted by Crippen LogP contribution is -2.39. The number of hydrogen-bond donors (Lipinski definition) is 1. The lowest BCUT2D eigenvalue weighted by molar-refractivity contribution is -0.120. The molecule has 0 bridgehead atoms. The fourth-order valence-electron chi connectivity index (χ4n) is 2.99. The van der Waals surface area contributed by atoms with Crippen LogP contribution >= 0.6 is 0 Å². The Balaban J connectivity index is 2.10. The van der Waals surface area contributed by atoms with E-state index in [0.29, 0.717) is 18.0 Å². The van der Waals surface area contributed by atoms with Gasteiger partial charge in [-0.3, -0.25) is 9.69 Å². The molecule has 1 amide bonds. The van der Waals surface area contributed by atoms with Crippen LogP contribution in [0.15, 0.2) is 30.3 Å². The molecule has 5 heteroatoms. The lowest BCUT2D eigenvalue weighted by Gasteiger charge is -2.25. The van der Waals surface area contributed by atoms with Crippen molar-refractivity contribution in [2.45, 2.75) is 40.3 Å². The number of carbonyl (C=O) groups is 1. The van der Waals surface area contributed by atoms with Gasteiger partial charge in [-0.15, -0.1) is 0 Å². The minimum absolute atomic E-state index is 0.0254. The number of hydrogen-bond acceptors (Lipinski definition) is 4. The maximum absolute atomic E-state index is 12.7. The highest BCUT2D eigenvalue weighted by Gasteiger charge is 2.20. The average Bonchev–Trinajstić information content (AvgIpc) is 2.64. The number of carbonyl (C=O) groups excluding carboxylic acids is 1. The zero-order valence-electron chi connectivity index (χ0n) is 17.3. The van der Waals surface area contributed by atoms with E-state index < -0.39 is 0 Å². The number of likely N-dealkylation sites (N-methyl/N-ethyl adjacent to an activating group) is 1. The Morgan fingerprint density at radius 1 is 1.04 bits per heavy atom. The first kappa shape index (κ1) is 20.8. The number of amides is 1. The van der Waals surface area contributed by atoms with E-state index in [-0.39, 0.29) is 11.9 Å². The summed E-state index contributed by atoms with van der Waals surface area (Å²) < 4.78 is 10.7. The SMILES string of the molecule is COc1cc(C)c(CN(C)[C@H](C)C(=O)Nc2ccc(C)cc2C)cc1OC. The standard InChI is InChI=1S/C22H30N2O3/c1-14-8-9-19(16(3)10-14)23-22(25)17(4)24(5)13-18-12-21(27-7)20(26-6)11-15(18)2/h8-12,17H,13H2,1-7H3,(H,23,25)/t17-/m1/s1. The molecule has 0 fully saturated rings. The van der Waals surface area contributed by atoms with E-state index in [9.17, 15) is 4.79 Å². The molecule has 1 atom stereocenters. The first-order chi connectivity index (χ1) is 12.8. The third kappa shape index (κ3) is 5.01. The second-order valence-electron chi connectivity index (χ2n) is 7.03. The molecule has 0 saturated carbocycles. The molecule has 0 aliphatic heterocycles. The lowest BCUT2D eigenvalue weighted by atomic mass is 10.1. The molecule has 146 valence electrons. The molecule has 1 N–H and O–H groups in total. The van der Waals surface area contributed by atoms with Crippen LogP contribution in [0, 0.1) is 20.8 Å². The Bertz CT molecular complexity index is 817. The van der Waals surface area contributed by atoms with Crippen molar-refractivity contribution in [1.29, 1.82) is 0 Å². The van der Waals surface area contributed by atoms with Gasteiger partial charge in [0.05, 0.1) is 20.3 Å². The number of nitrogens with zero attached hydrogens (tertiary/aromatic N) is 1. The van der Waals surface area contributed by atoms with Gasteiger partial charge in [0.15, 0.2) is 11.5 Å². The van der Waals surface area contributed by atoms with E-state index in [1.807, 2.05) is 63.9 Å². The van der Waals surface area contributed by atoms with Crippen LogP contribution in [-0.2, 0) is 11.3 Å². The zero-order valence-corrected chi connectivity index (χ0v) is 17.3. The van der Waals surface area contributed by atoms with Crippen molar-refractivity contribution < 1.29 is 14.3 Å². The Morgan fingerprint density at radius 3 is 2.26 bits per heavy atom. The van der Waals surface area contributed by atoms with Gasteiger partial charge in [0.25, 0.3) is 0 Å². The van der Waals surface area contributed by atoms with Crippen molar-refractivity contribution in [1.82, 2.24) is 4.90 Å². The highest BCUT2D eigenvalue weighted by atomic mass is 16.5. The minimum Gasteiger partial charge on any atom is -0.493 e. The molecule has 0 radical (unpaired) electrons. The van der Waals surface area contributed by atoms with Gasteiger partial charge in [0.1, 0.15) is 0 Å². The van der Waals surface area contributed by atoms with Gasteiger partial charge < -0.3 is 14.8 Å². The van der Waals surface area contributed by atoms with Gasteiger partial charge in [0, 0.05) is 12.2 Å². The topological polar surface area (TPSA) is 50.8 Å². The summed E-state index contributed by atoms with van der Waals surface area (Å²) in [4.78, 5) is 14.7. The third-order valence-electron chi connectivity index (χ3n) is 4.94. The van der Waals surface area contributed by atoms with Crippen LogP contribution < -0.4 is 14.8 Å². The Labute approximate surface area is 162 Å². The molecule has 2 aromatic carbocycles. The number of nitrogens with one attached hydrogen (secondary N) is 1. The molecule has 27 heavy (non-hydrogen) atoms. The van der Waals surface area contributed by atoms with Crippen molar-refractivity contribution in [2.24, 2.45) is 0 Å². The summed E-state index contributed by atoms with van der Waals surface area (Å²) in [6, 6.07) is 9.68. The maximum atomic E-state index is 12.7. The number of rotatable bonds is 7. The summed E-state index contributed by atoms with van der Waals surface area (Å²) in [5.74, 6) is 1.38. The number of ether oxygens (including phenoxy) is 2. The van der Waals surface area contributed by atoms with Gasteiger partial charge >= 0.3 is 0 Å². The molecule has 0 aromatic heterocycles. The number of benzene rings is 2. The van der Waals surface area contributed by atoms with Crippen LogP contribution in [0.5, 0.6) is 11.5 Å². The smallest absolute Gasteiger partial charge is 0.241 e.